The van der Waals surface area contributed by atoms with Crippen LogP contribution in [0.25, 0.3) is 0 Å². The first kappa shape index (κ1) is 13.2. The van der Waals surface area contributed by atoms with Crippen molar-refractivity contribution in [3.05, 3.63) is 18.5 Å². The molecule has 0 amide bonds. The summed E-state index contributed by atoms with van der Waals surface area (Å²) < 4.78 is 7.42. The molecule has 0 radical (unpaired) electrons. The Morgan fingerprint density at radius 2 is 2.25 bits per heavy atom. The van der Waals surface area contributed by atoms with Gasteiger partial charge in [0.05, 0.1) is 6.61 Å². The average molecular weight is 225 g/mol. The number of nitrogens with zero attached hydrogens (tertiary/aromatic N) is 2. The summed E-state index contributed by atoms with van der Waals surface area (Å²) in [5.41, 5.74) is 0. The van der Waals surface area contributed by atoms with Crippen molar-refractivity contribution >= 4 is 0 Å². The van der Waals surface area contributed by atoms with Crippen LogP contribution in [-0.2, 0) is 11.3 Å². The van der Waals surface area contributed by atoms with Gasteiger partial charge in [-0.3, -0.25) is 4.68 Å². The van der Waals surface area contributed by atoms with Gasteiger partial charge in [-0.1, -0.05) is 13.8 Å². The van der Waals surface area contributed by atoms with E-state index >= 15 is 0 Å². The van der Waals surface area contributed by atoms with E-state index in [1.165, 1.54) is 0 Å². The topological polar surface area (TPSA) is 39.1 Å². The average Bonchev–Trinajstić information content (AvgIpc) is 2.74. The molecule has 0 fully saturated rings. The van der Waals surface area contributed by atoms with Crippen LogP contribution < -0.4 is 5.32 Å². The zero-order valence-electron chi connectivity index (χ0n) is 10.4. The molecule has 16 heavy (non-hydrogen) atoms. The van der Waals surface area contributed by atoms with E-state index in [0.717, 1.165) is 39.3 Å². The van der Waals surface area contributed by atoms with E-state index in [1.807, 2.05) is 23.1 Å². The van der Waals surface area contributed by atoms with E-state index in [-0.39, 0.29) is 0 Å². The van der Waals surface area contributed by atoms with Gasteiger partial charge in [0.1, 0.15) is 0 Å². The van der Waals surface area contributed by atoms with Crippen molar-refractivity contribution in [2.45, 2.75) is 26.8 Å². The van der Waals surface area contributed by atoms with Crippen LogP contribution in [0.1, 0.15) is 20.3 Å². The number of aromatic nitrogens is 2. The Labute approximate surface area is 98.0 Å². The van der Waals surface area contributed by atoms with Gasteiger partial charge in [0.25, 0.3) is 0 Å². The molecule has 0 bridgehead atoms. The smallest absolute Gasteiger partial charge is 0.0591 e. The summed E-state index contributed by atoms with van der Waals surface area (Å²) in [5.74, 6) is 0.625. The van der Waals surface area contributed by atoms with Crippen LogP contribution in [0.15, 0.2) is 18.5 Å². The monoisotopic (exact) mass is 225 g/mol. The normalized spacial score (nSPS) is 11.2. The van der Waals surface area contributed by atoms with Gasteiger partial charge >= 0.3 is 0 Å². The van der Waals surface area contributed by atoms with Gasteiger partial charge in [0, 0.05) is 32.1 Å². The summed E-state index contributed by atoms with van der Waals surface area (Å²) in [6, 6.07) is 1.95. The molecule has 1 heterocycles. The summed E-state index contributed by atoms with van der Waals surface area (Å²) in [6.07, 6.45) is 4.91. The van der Waals surface area contributed by atoms with Crippen LogP contribution >= 0.6 is 0 Å². The summed E-state index contributed by atoms with van der Waals surface area (Å²) in [5, 5.41) is 7.50. The van der Waals surface area contributed by atoms with E-state index in [1.54, 1.807) is 0 Å². The molecule has 0 unspecified atom stereocenters. The van der Waals surface area contributed by atoms with Crippen LogP contribution in [-0.4, -0.2) is 36.1 Å². The van der Waals surface area contributed by atoms with E-state index in [4.69, 9.17) is 4.74 Å². The van der Waals surface area contributed by atoms with Crippen molar-refractivity contribution < 1.29 is 4.74 Å². The third-order valence-electron chi connectivity index (χ3n) is 2.17. The summed E-state index contributed by atoms with van der Waals surface area (Å²) in [4.78, 5) is 0. The molecule has 1 aromatic rings. The number of rotatable bonds is 9. The fourth-order valence-electron chi connectivity index (χ4n) is 1.39. The SMILES string of the molecule is CC(C)COCCNCCCn1cccn1. The zero-order valence-corrected chi connectivity index (χ0v) is 10.4. The Balaban J connectivity index is 1.82. The number of hydrogen-bond donors (Lipinski definition) is 1. The number of hydrogen-bond acceptors (Lipinski definition) is 3. The van der Waals surface area contributed by atoms with Crippen LogP contribution in [0.4, 0.5) is 0 Å². The predicted octanol–water partition coefficient (Wildman–Crippen LogP) is 1.54. The third-order valence-corrected chi connectivity index (χ3v) is 2.17. The minimum absolute atomic E-state index is 0.625. The van der Waals surface area contributed by atoms with Gasteiger partial charge in [0.15, 0.2) is 0 Å². The predicted molar refractivity (Wildman–Crippen MR) is 65.4 cm³/mol. The van der Waals surface area contributed by atoms with Gasteiger partial charge in [-0.15, -0.1) is 0 Å². The van der Waals surface area contributed by atoms with Crippen molar-refractivity contribution in [3.63, 3.8) is 0 Å². The van der Waals surface area contributed by atoms with Gasteiger partial charge in [-0.05, 0) is 24.9 Å². The molecule has 1 aromatic heterocycles. The highest BCUT2D eigenvalue weighted by Gasteiger charge is 1.94. The Morgan fingerprint density at radius 1 is 1.38 bits per heavy atom. The standard InChI is InChI=1S/C12H23N3O/c1-12(2)11-16-10-7-13-5-3-8-15-9-4-6-14-15/h4,6,9,12-13H,3,5,7-8,10-11H2,1-2H3. The molecule has 4 nitrogen and oxygen atoms in total. The van der Waals surface area contributed by atoms with E-state index in [0.29, 0.717) is 5.92 Å². The highest BCUT2D eigenvalue weighted by Crippen LogP contribution is 1.91. The van der Waals surface area contributed by atoms with Crippen molar-refractivity contribution in [3.8, 4) is 0 Å². The number of nitrogens with one attached hydrogen (secondary N) is 1. The first-order valence-corrected chi connectivity index (χ1v) is 6.05. The Morgan fingerprint density at radius 3 is 2.94 bits per heavy atom. The largest absolute Gasteiger partial charge is 0.380 e. The van der Waals surface area contributed by atoms with Crippen molar-refractivity contribution in [2.24, 2.45) is 5.92 Å². The summed E-state index contributed by atoms with van der Waals surface area (Å²) >= 11 is 0. The fourth-order valence-corrected chi connectivity index (χ4v) is 1.39. The second-order valence-corrected chi connectivity index (χ2v) is 4.34. The van der Waals surface area contributed by atoms with Crippen LogP contribution in [0.3, 0.4) is 0 Å². The van der Waals surface area contributed by atoms with Crippen molar-refractivity contribution in [2.75, 3.05) is 26.3 Å². The molecule has 0 aromatic carbocycles. The van der Waals surface area contributed by atoms with E-state index in [2.05, 4.69) is 24.3 Å². The molecule has 0 aliphatic rings. The molecule has 0 atom stereocenters. The Hall–Kier alpha value is -0.870. The highest BCUT2D eigenvalue weighted by atomic mass is 16.5. The molecule has 0 aliphatic carbocycles. The summed E-state index contributed by atoms with van der Waals surface area (Å²) in [7, 11) is 0. The Bertz CT molecular complexity index is 247. The van der Waals surface area contributed by atoms with Gasteiger partial charge < -0.3 is 10.1 Å². The molecular formula is C12H23N3O. The minimum atomic E-state index is 0.625. The lowest BCUT2D eigenvalue weighted by atomic mass is 10.2. The van der Waals surface area contributed by atoms with E-state index in [9.17, 15) is 0 Å². The molecular weight excluding hydrogens is 202 g/mol. The lowest BCUT2D eigenvalue weighted by Crippen LogP contribution is -2.22. The third kappa shape index (κ3) is 6.58. The van der Waals surface area contributed by atoms with Gasteiger partial charge in [0.2, 0.25) is 0 Å². The van der Waals surface area contributed by atoms with Gasteiger partial charge in [-0.2, -0.15) is 5.10 Å². The highest BCUT2D eigenvalue weighted by molar-refractivity contribution is 4.77. The summed E-state index contributed by atoms with van der Waals surface area (Å²) in [6.45, 7) is 8.92. The maximum atomic E-state index is 5.47. The van der Waals surface area contributed by atoms with Crippen molar-refractivity contribution in [1.82, 2.24) is 15.1 Å². The first-order valence-electron chi connectivity index (χ1n) is 6.05. The molecule has 0 aliphatic heterocycles. The molecule has 0 saturated carbocycles. The first-order chi connectivity index (χ1) is 7.79. The van der Waals surface area contributed by atoms with E-state index < -0.39 is 0 Å². The number of aryl methyl sites for hydroxylation is 1. The second-order valence-electron chi connectivity index (χ2n) is 4.34. The quantitative estimate of drug-likeness (QED) is 0.648. The molecule has 0 saturated heterocycles. The minimum Gasteiger partial charge on any atom is -0.380 e. The van der Waals surface area contributed by atoms with Crippen LogP contribution in [0.2, 0.25) is 0 Å². The van der Waals surface area contributed by atoms with Gasteiger partial charge in [-0.25, -0.2) is 0 Å². The fraction of sp³-hybridized carbons (Fsp3) is 0.750. The molecule has 92 valence electrons. The van der Waals surface area contributed by atoms with Crippen LogP contribution in [0.5, 0.6) is 0 Å². The lowest BCUT2D eigenvalue weighted by Gasteiger charge is -2.07. The second kappa shape index (κ2) is 8.30. The Kier molecular flexibility index (Phi) is 6.85. The van der Waals surface area contributed by atoms with Crippen molar-refractivity contribution in [1.29, 1.82) is 0 Å². The van der Waals surface area contributed by atoms with Crippen LogP contribution in [0, 0.1) is 5.92 Å². The molecule has 4 heteroatoms. The molecule has 0 spiro atoms. The molecule has 1 N–H and O–H groups in total. The maximum Gasteiger partial charge on any atom is 0.0591 e. The number of ether oxygens (including phenoxy) is 1. The zero-order chi connectivity index (χ0) is 11.6. The lowest BCUT2D eigenvalue weighted by molar-refractivity contribution is 0.112. The molecule has 1 rings (SSSR count). The maximum absolute atomic E-state index is 5.47.